The first-order valence-electron chi connectivity index (χ1n) is 5.98. The largest absolute Gasteiger partial charge is 0.474 e. The SMILES string of the molecule is C/C=C/CN(C/C=C/C)C(=O)C1=NCCCO1. The van der Waals surface area contributed by atoms with Gasteiger partial charge in [-0.05, 0) is 13.8 Å². The van der Waals surface area contributed by atoms with Gasteiger partial charge in [-0.15, -0.1) is 0 Å². The van der Waals surface area contributed by atoms with Crippen LogP contribution in [-0.2, 0) is 9.53 Å². The van der Waals surface area contributed by atoms with Gasteiger partial charge in [-0.2, -0.15) is 0 Å². The second-order valence-corrected chi connectivity index (χ2v) is 3.74. The average molecular weight is 236 g/mol. The van der Waals surface area contributed by atoms with Crippen LogP contribution in [-0.4, -0.2) is 42.9 Å². The van der Waals surface area contributed by atoms with Gasteiger partial charge in [0, 0.05) is 26.1 Å². The Morgan fingerprint density at radius 1 is 1.35 bits per heavy atom. The van der Waals surface area contributed by atoms with Gasteiger partial charge in [-0.1, -0.05) is 24.3 Å². The van der Waals surface area contributed by atoms with Gasteiger partial charge in [-0.3, -0.25) is 4.79 Å². The van der Waals surface area contributed by atoms with Gasteiger partial charge in [0.2, 0.25) is 0 Å². The number of hydrogen-bond donors (Lipinski definition) is 0. The van der Waals surface area contributed by atoms with Crippen molar-refractivity contribution in [2.45, 2.75) is 20.3 Å². The van der Waals surface area contributed by atoms with E-state index in [1.165, 1.54) is 0 Å². The fourth-order valence-electron chi connectivity index (χ4n) is 1.43. The summed E-state index contributed by atoms with van der Waals surface area (Å²) in [6.07, 6.45) is 8.65. The first-order valence-corrected chi connectivity index (χ1v) is 5.98. The average Bonchev–Trinajstić information content (AvgIpc) is 2.39. The van der Waals surface area contributed by atoms with Gasteiger partial charge in [0.25, 0.3) is 5.90 Å². The maximum Gasteiger partial charge on any atom is 0.309 e. The molecule has 0 N–H and O–H groups in total. The zero-order chi connectivity index (χ0) is 12.5. The zero-order valence-corrected chi connectivity index (χ0v) is 10.6. The van der Waals surface area contributed by atoms with E-state index < -0.39 is 0 Å². The molecule has 4 nitrogen and oxygen atoms in total. The lowest BCUT2D eigenvalue weighted by Crippen LogP contribution is -2.39. The van der Waals surface area contributed by atoms with Crippen molar-refractivity contribution < 1.29 is 9.53 Å². The molecule has 0 unspecified atom stereocenters. The predicted octanol–water partition coefficient (Wildman–Crippen LogP) is 1.79. The van der Waals surface area contributed by atoms with Crippen molar-refractivity contribution in [2.24, 2.45) is 4.99 Å². The first kappa shape index (κ1) is 13.5. The van der Waals surface area contributed by atoms with Crippen LogP contribution in [0.25, 0.3) is 0 Å². The molecule has 17 heavy (non-hydrogen) atoms. The Hall–Kier alpha value is -1.58. The molecule has 0 saturated heterocycles. The molecular formula is C13H20N2O2. The third kappa shape index (κ3) is 4.43. The molecule has 4 heteroatoms. The van der Waals surface area contributed by atoms with Gasteiger partial charge in [0.05, 0.1) is 6.61 Å². The predicted molar refractivity (Wildman–Crippen MR) is 69.1 cm³/mol. The van der Waals surface area contributed by atoms with Crippen LogP contribution in [0.4, 0.5) is 0 Å². The molecule has 1 rings (SSSR count). The summed E-state index contributed by atoms with van der Waals surface area (Å²) in [4.78, 5) is 17.9. The third-order valence-corrected chi connectivity index (χ3v) is 2.39. The summed E-state index contributed by atoms with van der Waals surface area (Å²) < 4.78 is 5.29. The maximum atomic E-state index is 12.1. The van der Waals surface area contributed by atoms with Crippen molar-refractivity contribution in [3.05, 3.63) is 24.3 Å². The highest BCUT2D eigenvalue weighted by atomic mass is 16.5. The molecule has 1 aliphatic rings. The molecule has 0 bridgehead atoms. The lowest BCUT2D eigenvalue weighted by Gasteiger charge is -2.21. The lowest BCUT2D eigenvalue weighted by molar-refractivity contribution is -0.124. The smallest absolute Gasteiger partial charge is 0.309 e. The van der Waals surface area contributed by atoms with Gasteiger partial charge >= 0.3 is 5.91 Å². The fourth-order valence-corrected chi connectivity index (χ4v) is 1.43. The number of amides is 1. The molecule has 0 aliphatic carbocycles. The summed E-state index contributed by atoms with van der Waals surface area (Å²) in [6, 6.07) is 0. The highest BCUT2D eigenvalue weighted by Gasteiger charge is 2.21. The van der Waals surface area contributed by atoms with Crippen LogP contribution in [0.15, 0.2) is 29.3 Å². The molecule has 0 fully saturated rings. The molecule has 0 spiro atoms. The van der Waals surface area contributed by atoms with Crippen LogP contribution in [0.2, 0.25) is 0 Å². The molecule has 94 valence electrons. The van der Waals surface area contributed by atoms with Crippen LogP contribution < -0.4 is 0 Å². The summed E-state index contributed by atoms with van der Waals surface area (Å²) >= 11 is 0. The molecule has 1 heterocycles. The number of carbonyl (C=O) groups is 1. The van der Waals surface area contributed by atoms with E-state index in [-0.39, 0.29) is 11.8 Å². The number of allylic oxidation sites excluding steroid dienone is 2. The van der Waals surface area contributed by atoms with Crippen LogP contribution in [0.3, 0.4) is 0 Å². The van der Waals surface area contributed by atoms with Gasteiger partial charge in [-0.25, -0.2) is 4.99 Å². The number of hydrogen-bond acceptors (Lipinski definition) is 3. The molecule has 0 aromatic carbocycles. The quantitative estimate of drug-likeness (QED) is 0.683. The van der Waals surface area contributed by atoms with E-state index >= 15 is 0 Å². The Bertz CT molecular complexity index is 318. The zero-order valence-electron chi connectivity index (χ0n) is 10.6. The van der Waals surface area contributed by atoms with Crippen molar-refractivity contribution >= 4 is 11.8 Å². The van der Waals surface area contributed by atoms with Gasteiger partial charge in [0.1, 0.15) is 0 Å². The van der Waals surface area contributed by atoms with Crippen LogP contribution >= 0.6 is 0 Å². The van der Waals surface area contributed by atoms with E-state index in [0.717, 1.165) is 6.42 Å². The number of rotatable bonds is 5. The molecular weight excluding hydrogens is 216 g/mol. The molecule has 1 amide bonds. The van der Waals surface area contributed by atoms with Crippen LogP contribution in [0.1, 0.15) is 20.3 Å². The van der Waals surface area contributed by atoms with E-state index in [1.54, 1.807) is 4.90 Å². The Kier molecular flexibility index (Phi) is 6.07. The minimum atomic E-state index is -0.124. The maximum absolute atomic E-state index is 12.1. The second-order valence-electron chi connectivity index (χ2n) is 3.74. The lowest BCUT2D eigenvalue weighted by atomic mass is 10.3. The Labute approximate surface area is 103 Å². The number of aliphatic imine (C=N–C) groups is 1. The topological polar surface area (TPSA) is 41.9 Å². The van der Waals surface area contributed by atoms with Crippen molar-refractivity contribution in [1.82, 2.24) is 4.90 Å². The van der Waals surface area contributed by atoms with Crippen LogP contribution in [0.5, 0.6) is 0 Å². The van der Waals surface area contributed by atoms with E-state index in [4.69, 9.17) is 4.74 Å². The monoisotopic (exact) mass is 236 g/mol. The summed E-state index contributed by atoms with van der Waals surface area (Å²) in [5.41, 5.74) is 0. The van der Waals surface area contributed by atoms with Crippen molar-refractivity contribution in [3.8, 4) is 0 Å². The minimum absolute atomic E-state index is 0.124. The van der Waals surface area contributed by atoms with E-state index in [0.29, 0.717) is 26.2 Å². The number of nitrogens with zero attached hydrogens (tertiary/aromatic N) is 2. The summed E-state index contributed by atoms with van der Waals surface area (Å²) in [6.45, 7) is 6.32. The van der Waals surface area contributed by atoms with Gasteiger partial charge in [0.15, 0.2) is 0 Å². The Morgan fingerprint density at radius 2 is 2.00 bits per heavy atom. The summed E-state index contributed by atoms with van der Waals surface area (Å²) in [5, 5.41) is 0. The Morgan fingerprint density at radius 3 is 2.47 bits per heavy atom. The second kappa shape index (κ2) is 7.65. The minimum Gasteiger partial charge on any atom is -0.474 e. The third-order valence-electron chi connectivity index (χ3n) is 2.39. The highest BCUT2D eigenvalue weighted by Crippen LogP contribution is 2.02. The van der Waals surface area contributed by atoms with E-state index in [9.17, 15) is 4.79 Å². The fraction of sp³-hybridized carbons (Fsp3) is 0.538. The summed E-state index contributed by atoms with van der Waals surface area (Å²) in [5.74, 6) is 0.131. The number of carbonyl (C=O) groups excluding carboxylic acids is 1. The molecule has 0 aromatic heterocycles. The molecule has 0 atom stereocenters. The van der Waals surface area contributed by atoms with Crippen molar-refractivity contribution in [3.63, 3.8) is 0 Å². The number of ether oxygens (including phenoxy) is 1. The molecule has 0 saturated carbocycles. The molecule has 1 aliphatic heterocycles. The first-order chi connectivity index (χ1) is 8.29. The molecule has 0 aromatic rings. The van der Waals surface area contributed by atoms with Gasteiger partial charge < -0.3 is 9.64 Å². The van der Waals surface area contributed by atoms with E-state index in [2.05, 4.69) is 4.99 Å². The molecule has 0 radical (unpaired) electrons. The van der Waals surface area contributed by atoms with Crippen LogP contribution in [0, 0.1) is 0 Å². The van der Waals surface area contributed by atoms with Crippen molar-refractivity contribution in [1.29, 1.82) is 0 Å². The van der Waals surface area contributed by atoms with E-state index in [1.807, 2.05) is 38.2 Å². The summed E-state index contributed by atoms with van der Waals surface area (Å²) in [7, 11) is 0. The standard InChI is InChI=1S/C13H20N2O2/c1-3-5-9-15(10-6-4-2)13(16)12-14-8-7-11-17-12/h3-6H,7-11H2,1-2H3/b5-3+,6-4+. The normalized spacial score (nSPS) is 16.0. The Balaban J connectivity index is 2.66. The van der Waals surface area contributed by atoms with Crippen molar-refractivity contribution in [2.75, 3.05) is 26.2 Å². The highest BCUT2D eigenvalue weighted by molar-refractivity contribution is 6.35.